The van der Waals surface area contributed by atoms with Crippen molar-refractivity contribution < 1.29 is 4.79 Å². The van der Waals surface area contributed by atoms with Crippen molar-refractivity contribution in [2.75, 3.05) is 18.4 Å². The van der Waals surface area contributed by atoms with Gasteiger partial charge in [0.25, 0.3) is 5.91 Å². The molecule has 1 aromatic heterocycles. The third-order valence-electron chi connectivity index (χ3n) is 6.36. The van der Waals surface area contributed by atoms with Crippen molar-refractivity contribution >= 4 is 11.6 Å². The van der Waals surface area contributed by atoms with E-state index >= 15 is 0 Å². The number of hydrogen-bond donors (Lipinski definition) is 2. The highest BCUT2D eigenvalue weighted by molar-refractivity contribution is 6.05. The predicted octanol–water partition coefficient (Wildman–Crippen LogP) is 4.83. The van der Waals surface area contributed by atoms with Crippen LogP contribution < -0.4 is 10.6 Å². The van der Waals surface area contributed by atoms with Gasteiger partial charge >= 0.3 is 0 Å². The summed E-state index contributed by atoms with van der Waals surface area (Å²) < 4.78 is 1.97. The molecule has 4 rings (SSSR count). The normalized spacial score (nSPS) is 14.7. The van der Waals surface area contributed by atoms with Gasteiger partial charge in [0.2, 0.25) is 0 Å². The fraction of sp³-hybridized carbons (Fsp3) is 0.360. The predicted molar refractivity (Wildman–Crippen MR) is 122 cm³/mol. The van der Waals surface area contributed by atoms with Gasteiger partial charge in [0.05, 0.1) is 23.1 Å². The molecular weight excluding hydrogens is 372 g/mol. The van der Waals surface area contributed by atoms with E-state index in [2.05, 4.69) is 60.8 Å². The molecule has 5 heteroatoms. The summed E-state index contributed by atoms with van der Waals surface area (Å²) in [5.74, 6) is 0.210. The Morgan fingerprint density at radius 1 is 1.03 bits per heavy atom. The van der Waals surface area contributed by atoms with Gasteiger partial charge in [-0.25, -0.2) is 4.68 Å². The topological polar surface area (TPSA) is 59.0 Å². The summed E-state index contributed by atoms with van der Waals surface area (Å²) in [6.07, 6.45) is 3.73. The van der Waals surface area contributed by atoms with E-state index in [-0.39, 0.29) is 5.91 Å². The van der Waals surface area contributed by atoms with E-state index in [0.717, 1.165) is 54.1 Å². The zero-order valence-electron chi connectivity index (χ0n) is 18.2. The molecule has 1 fully saturated rings. The molecule has 0 bridgehead atoms. The SMILES string of the molecule is Cc1ccc(-n2ncc(C(=O)Nc3cccc(C)c3C)c2C2CCNCC2)cc1C. The summed E-state index contributed by atoms with van der Waals surface area (Å²) in [6.45, 7) is 10.2. The van der Waals surface area contributed by atoms with Crippen molar-refractivity contribution in [3.05, 3.63) is 76.1 Å². The Morgan fingerprint density at radius 2 is 1.80 bits per heavy atom. The molecule has 0 spiro atoms. The number of hydrogen-bond acceptors (Lipinski definition) is 3. The first kappa shape index (κ1) is 20.4. The molecule has 0 saturated carbocycles. The molecule has 0 unspecified atom stereocenters. The highest BCUT2D eigenvalue weighted by Crippen LogP contribution is 2.31. The van der Waals surface area contributed by atoms with E-state index in [1.165, 1.54) is 11.1 Å². The second-order valence-corrected chi connectivity index (χ2v) is 8.35. The maximum Gasteiger partial charge on any atom is 0.259 e. The molecule has 156 valence electrons. The molecule has 1 aliphatic heterocycles. The van der Waals surface area contributed by atoms with Crippen molar-refractivity contribution in [2.45, 2.75) is 46.5 Å². The molecular formula is C25H30N4O. The Labute approximate surface area is 178 Å². The number of aromatic nitrogens is 2. The molecule has 30 heavy (non-hydrogen) atoms. The number of anilines is 1. The van der Waals surface area contributed by atoms with E-state index in [0.29, 0.717) is 11.5 Å². The Bertz CT molecular complexity index is 1080. The van der Waals surface area contributed by atoms with Crippen LogP contribution in [0.5, 0.6) is 0 Å². The first-order chi connectivity index (χ1) is 14.5. The summed E-state index contributed by atoms with van der Waals surface area (Å²) in [7, 11) is 0. The molecule has 0 radical (unpaired) electrons. The molecule has 1 saturated heterocycles. The molecule has 1 aliphatic rings. The lowest BCUT2D eigenvalue weighted by Crippen LogP contribution is -2.29. The highest BCUT2D eigenvalue weighted by Gasteiger charge is 2.27. The Hall–Kier alpha value is -2.92. The fourth-order valence-corrected chi connectivity index (χ4v) is 4.16. The smallest absolute Gasteiger partial charge is 0.259 e. The van der Waals surface area contributed by atoms with Crippen LogP contribution in [0.2, 0.25) is 0 Å². The number of carbonyl (C=O) groups is 1. The van der Waals surface area contributed by atoms with E-state index in [9.17, 15) is 4.79 Å². The average Bonchev–Trinajstić information content (AvgIpc) is 3.19. The average molecular weight is 403 g/mol. The van der Waals surface area contributed by atoms with Crippen LogP contribution >= 0.6 is 0 Å². The third-order valence-corrected chi connectivity index (χ3v) is 6.36. The van der Waals surface area contributed by atoms with Crippen molar-refractivity contribution in [2.24, 2.45) is 0 Å². The minimum absolute atomic E-state index is 0.0904. The van der Waals surface area contributed by atoms with Crippen molar-refractivity contribution in [3.8, 4) is 5.69 Å². The van der Waals surface area contributed by atoms with Crippen LogP contribution in [0, 0.1) is 27.7 Å². The molecule has 2 heterocycles. The van der Waals surface area contributed by atoms with Gasteiger partial charge in [-0.2, -0.15) is 5.10 Å². The third kappa shape index (κ3) is 3.90. The number of nitrogens with zero attached hydrogens (tertiary/aromatic N) is 2. The van der Waals surface area contributed by atoms with Gasteiger partial charge in [-0.15, -0.1) is 0 Å². The number of benzene rings is 2. The Kier molecular flexibility index (Phi) is 5.73. The van der Waals surface area contributed by atoms with Crippen LogP contribution in [0.15, 0.2) is 42.6 Å². The summed E-state index contributed by atoms with van der Waals surface area (Å²) in [5, 5.41) is 11.2. The maximum atomic E-state index is 13.3. The van der Waals surface area contributed by atoms with Crippen LogP contribution in [0.3, 0.4) is 0 Å². The van der Waals surface area contributed by atoms with Crippen LogP contribution in [-0.4, -0.2) is 28.8 Å². The van der Waals surface area contributed by atoms with Crippen molar-refractivity contribution in [3.63, 3.8) is 0 Å². The minimum atomic E-state index is -0.0904. The van der Waals surface area contributed by atoms with Gasteiger partial charge in [-0.05, 0) is 94.1 Å². The number of rotatable bonds is 4. The van der Waals surface area contributed by atoms with Crippen molar-refractivity contribution in [1.29, 1.82) is 0 Å². The number of carbonyl (C=O) groups excluding carboxylic acids is 1. The standard InChI is InChI=1S/C25H30N4O/c1-16-8-9-21(14-18(16)3)29-24(20-10-12-26-13-11-20)22(15-27-29)25(30)28-23-7-5-6-17(2)19(23)4/h5-9,14-15,20,26H,10-13H2,1-4H3,(H,28,30). The zero-order valence-corrected chi connectivity index (χ0v) is 18.2. The lowest BCUT2D eigenvalue weighted by molar-refractivity contribution is 0.102. The van der Waals surface area contributed by atoms with Crippen LogP contribution in [0.25, 0.3) is 5.69 Å². The van der Waals surface area contributed by atoms with Crippen molar-refractivity contribution in [1.82, 2.24) is 15.1 Å². The monoisotopic (exact) mass is 402 g/mol. The number of nitrogens with one attached hydrogen (secondary N) is 2. The fourth-order valence-electron chi connectivity index (χ4n) is 4.16. The lowest BCUT2D eigenvalue weighted by atomic mass is 9.91. The summed E-state index contributed by atoms with van der Waals surface area (Å²) in [4.78, 5) is 13.3. The second-order valence-electron chi connectivity index (χ2n) is 8.35. The minimum Gasteiger partial charge on any atom is -0.322 e. The van der Waals surface area contributed by atoms with Gasteiger partial charge in [-0.3, -0.25) is 4.79 Å². The molecule has 0 aliphatic carbocycles. The summed E-state index contributed by atoms with van der Waals surface area (Å²) in [6, 6.07) is 12.4. The van der Waals surface area contributed by atoms with Gasteiger partial charge in [0, 0.05) is 11.6 Å². The van der Waals surface area contributed by atoms with E-state index in [4.69, 9.17) is 0 Å². The van der Waals surface area contributed by atoms with Crippen LogP contribution in [0.4, 0.5) is 5.69 Å². The number of amides is 1. The molecule has 5 nitrogen and oxygen atoms in total. The van der Waals surface area contributed by atoms with Gasteiger partial charge in [0.1, 0.15) is 0 Å². The molecule has 0 atom stereocenters. The summed E-state index contributed by atoms with van der Waals surface area (Å²) >= 11 is 0. The van der Waals surface area contributed by atoms with Gasteiger partial charge < -0.3 is 10.6 Å². The molecule has 2 N–H and O–H groups in total. The lowest BCUT2D eigenvalue weighted by Gasteiger charge is -2.25. The largest absolute Gasteiger partial charge is 0.322 e. The van der Waals surface area contributed by atoms with Crippen LogP contribution in [0.1, 0.15) is 57.1 Å². The molecule has 3 aromatic rings. The second kappa shape index (κ2) is 8.44. The Balaban J connectivity index is 1.75. The van der Waals surface area contributed by atoms with Gasteiger partial charge in [0.15, 0.2) is 0 Å². The molecule has 2 aromatic carbocycles. The Morgan fingerprint density at radius 3 is 2.53 bits per heavy atom. The zero-order chi connectivity index (χ0) is 21.3. The van der Waals surface area contributed by atoms with E-state index in [1.807, 2.05) is 23.7 Å². The first-order valence-electron chi connectivity index (χ1n) is 10.7. The first-order valence-corrected chi connectivity index (χ1v) is 10.7. The maximum absolute atomic E-state index is 13.3. The molecule has 1 amide bonds. The quantitative estimate of drug-likeness (QED) is 0.657. The van der Waals surface area contributed by atoms with E-state index in [1.54, 1.807) is 6.20 Å². The number of piperidine rings is 1. The summed E-state index contributed by atoms with van der Waals surface area (Å²) in [5.41, 5.74) is 8.28. The highest BCUT2D eigenvalue weighted by atomic mass is 16.1. The van der Waals surface area contributed by atoms with Gasteiger partial charge in [-0.1, -0.05) is 18.2 Å². The van der Waals surface area contributed by atoms with Crippen LogP contribution in [-0.2, 0) is 0 Å². The van der Waals surface area contributed by atoms with E-state index < -0.39 is 0 Å². The number of aryl methyl sites for hydroxylation is 3.